The number of rotatable bonds is 7. The van der Waals surface area contributed by atoms with E-state index < -0.39 is 0 Å². The number of thioether (sulfide) groups is 1. The number of nitrogens with zero attached hydrogens (tertiary/aromatic N) is 2. The number of benzene rings is 2. The lowest BCUT2D eigenvalue weighted by Crippen LogP contribution is -2.33. The number of methoxy groups -OCH3 is 1. The molecule has 4 nitrogen and oxygen atoms in total. The molecule has 158 valence electrons. The zero-order chi connectivity index (χ0) is 21.1. The molecule has 0 aliphatic carbocycles. The summed E-state index contributed by atoms with van der Waals surface area (Å²) >= 11 is 2.01. The van der Waals surface area contributed by atoms with Crippen LogP contribution in [0.4, 0.5) is 4.39 Å². The molecule has 2 heterocycles. The second kappa shape index (κ2) is 9.23. The summed E-state index contributed by atoms with van der Waals surface area (Å²) in [5, 5.41) is 0.683. The van der Waals surface area contributed by atoms with Gasteiger partial charge in [-0.3, -0.25) is 4.79 Å². The fourth-order valence-corrected chi connectivity index (χ4v) is 5.17. The lowest BCUT2D eigenvalue weighted by atomic mass is 10.0. The monoisotopic (exact) mass is 426 g/mol. The molecule has 1 saturated heterocycles. The van der Waals surface area contributed by atoms with E-state index in [2.05, 4.69) is 9.47 Å². The van der Waals surface area contributed by atoms with Crippen LogP contribution in [0.5, 0.6) is 5.75 Å². The minimum absolute atomic E-state index is 0.0856. The summed E-state index contributed by atoms with van der Waals surface area (Å²) in [5.74, 6) is 2.69. The van der Waals surface area contributed by atoms with Gasteiger partial charge in [-0.2, -0.15) is 11.8 Å². The highest BCUT2D eigenvalue weighted by molar-refractivity contribution is 7.99. The molecular weight excluding hydrogens is 399 g/mol. The van der Waals surface area contributed by atoms with Gasteiger partial charge in [-0.05, 0) is 62.4 Å². The van der Waals surface area contributed by atoms with Crippen LogP contribution >= 0.6 is 11.8 Å². The van der Waals surface area contributed by atoms with Crippen molar-refractivity contribution in [3.05, 3.63) is 65.1 Å². The van der Waals surface area contributed by atoms with Crippen molar-refractivity contribution < 1.29 is 13.9 Å². The molecule has 2 aromatic carbocycles. The Balaban J connectivity index is 1.64. The van der Waals surface area contributed by atoms with Gasteiger partial charge in [0.1, 0.15) is 11.6 Å². The van der Waals surface area contributed by atoms with Crippen molar-refractivity contribution in [3.8, 4) is 5.75 Å². The van der Waals surface area contributed by atoms with Crippen LogP contribution in [0, 0.1) is 12.7 Å². The van der Waals surface area contributed by atoms with Gasteiger partial charge in [0, 0.05) is 53.3 Å². The largest absolute Gasteiger partial charge is 0.497 e. The predicted octanol–water partition coefficient (Wildman–Crippen LogP) is 4.77. The van der Waals surface area contributed by atoms with Gasteiger partial charge in [0.25, 0.3) is 0 Å². The Morgan fingerprint density at radius 1 is 1.10 bits per heavy atom. The Hall–Kier alpha value is -2.31. The van der Waals surface area contributed by atoms with Crippen molar-refractivity contribution in [2.45, 2.75) is 19.9 Å². The number of ether oxygens (including phenoxy) is 1. The molecule has 30 heavy (non-hydrogen) atoms. The molecule has 0 spiro atoms. The minimum Gasteiger partial charge on any atom is -0.497 e. The molecule has 0 amide bonds. The molecule has 4 rings (SSSR count). The van der Waals surface area contributed by atoms with Crippen molar-refractivity contribution in [1.29, 1.82) is 0 Å². The summed E-state index contributed by atoms with van der Waals surface area (Å²) in [7, 11) is 1.60. The average Bonchev–Trinajstić information content (AvgIpc) is 3.04. The summed E-state index contributed by atoms with van der Waals surface area (Å²) in [6.45, 7) is 6.10. The van der Waals surface area contributed by atoms with Crippen molar-refractivity contribution in [2.24, 2.45) is 0 Å². The van der Waals surface area contributed by atoms with E-state index in [1.165, 1.54) is 23.6 Å². The van der Waals surface area contributed by atoms with Crippen LogP contribution in [0.2, 0.25) is 0 Å². The van der Waals surface area contributed by atoms with Crippen LogP contribution in [0.25, 0.3) is 10.9 Å². The number of carbonyl (C=O) groups excluding carboxylic acids is 1. The molecule has 0 bridgehead atoms. The number of aromatic nitrogens is 1. The SMILES string of the molecule is COc1ccc(C(=O)c2c(C)n(CCCN3CCSCC3)c3ccc(F)cc23)cc1. The third-order valence-electron chi connectivity index (χ3n) is 5.82. The molecule has 1 aromatic heterocycles. The summed E-state index contributed by atoms with van der Waals surface area (Å²) in [6.07, 6.45) is 1.00. The Morgan fingerprint density at radius 3 is 2.53 bits per heavy atom. The van der Waals surface area contributed by atoms with Crippen LogP contribution in [0.15, 0.2) is 42.5 Å². The molecule has 1 aliphatic rings. The van der Waals surface area contributed by atoms with Crippen molar-refractivity contribution in [1.82, 2.24) is 9.47 Å². The summed E-state index contributed by atoms with van der Waals surface area (Å²) in [6, 6.07) is 11.8. The lowest BCUT2D eigenvalue weighted by molar-refractivity contribution is 0.103. The summed E-state index contributed by atoms with van der Waals surface area (Å²) < 4.78 is 21.4. The van der Waals surface area contributed by atoms with Crippen LogP contribution in [-0.2, 0) is 6.54 Å². The van der Waals surface area contributed by atoms with E-state index in [0.717, 1.165) is 43.8 Å². The first-order valence-corrected chi connectivity index (χ1v) is 11.5. The Kier molecular flexibility index (Phi) is 6.44. The second-order valence-electron chi connectivity index (χ2n) is 7.64. The molecule has 0 radical (unpaired) electrons. The number of carbonyl (C=O) groups is 1. The standard InChI is InChI=1S/C24H27FN2O2S/c1-17-23(24(28)18-4-7-20(29-2)8-5-18)21-16-19(25)6-9-22(21)27(17)11-3-10-26-12-14-30-15-13-26/h4-9,16H,3,10-15H2,1-2H3. The Morgan fingerprint density at radius 2 is 1.83 bits per heavy atom. The van der Waals surface area contributed by atoms with Crippen LogP contribution < -0.4 is 4.74 Å². The fraction of sp³-hybridized carbons (Fsp3) is 0.375. The quantitative estimate of drug-likeness (QED) is 0.510. The predicted molar refractivity (Wildman–Crippen MR) is 121 cm³/mol. The smallest absolute Gasteiger partial charge is 0.195 e. The summed E-state index contributed by atoms with van der Waals surface area (Å²) in [4.78, 5) is 15.8. The maximum atomic E-state index is 14.1. The van der Waals surface area contributed by atoms with Crippen LogP contribution in [0.3, 0.4) is 0 Å². The van der Waals surface area contributed by atoms with Gasteiger partial charge in [0.15, 0.2) is 5.78 Å². The molecule has 3 aromatic rings. The van der Waals surface area contributed by atoms with E-state index in [-0.39, 0.29) is 11.6 Å². The van der Waals surface area contributed by atoms with Gasteiger partial charge in [-0.25, -0.2) is 4.39 Å². The van der Waals surface area contributed by atoms with Gasteiger partial charge in [-0.1, -0.05) is 0 Å². The molecule has 1 fully saturated rings. The number of hydrogen-bond donors (Lipinski definition) is 0. The topological polar surface area (TPSA) is 34.5 Å². The normalized spacial score (nSPS) is 14.9. The van der Waals surface area contributed by atoms with E-state index in [9.17, 15) is 9.18 Å². The average molecular weight is 427 g/mol. The number of aryl methyl sites for hydroxylation is 1. The molecule has 6 heteroatoms. The maximum absolute atomic E-state index is 14.1. The lowest BCUT2D eigenvalue weighted by Gasteiger charge is -2.26. The van der Waals surface area contributed by atoms with Crippen LogP contribution in [0.1, 0.15) is 28.0 Å². The van der Waals surface area contributed by atoms with Gasteiger partial charge >= 0.3 is 0 Å². The second-order valence-corrected chi connectivity index (χ2v) is 8.86. The van der Waals surface area contributed by atoms with Crippen LogP contribution in [-0.4, -0.2) is 53.5 Å². The molecule has 0 saturated carbocycles. The first kappa shape index (κ1) is 20.9. The van der Waals surface area contributed by atoms with E-state index in [4.69, 9.17) is 4.74 Å². The molecule has 0 N–H and O–H groups in total. The Bertz CT molecular complexity index is 1040. The van der Waals surface area contributed by atoms with Gasteiger partial charge < -0.3 is 14.2 Å². The van der Waals surface area contributed by atoms with Gasteiger partial charge in [0.2, 0.25) is 0 Å². The first-order chi connectivity index (χ1) is 14.6. The third kappa shape index (κ3) is 4.25. The zero-order valence-corrected chi connectivity index (χ0v) is 18.3. The minimum atomic E-state index is -0.325. The first-order valence-electron chi connectivity index (χ1n) is 10.4. The fourth-order valence-electron chi connectivity index (χ4n) is 4.19. The molecule has 0 unspecified atom stereocenters. The molecule has 0 atom stereocenters. The molecular formula is C24H27FN2O2S. The number of halogens is 1. The number of ketones is 1. The van der Waals surface area contributed by atoms with Crippen molar-refractivity contribution in [3.63, 3.8) is 0 Å². The van der Waals surface area contributed by atoms with Gasteiger partial charge in [0.05, 0.1) is 12.7 Å². The van der Waals surface area contributed by atoms with Crippen molar-refractivity contribution in [2.75, 3.05) is 38.2 Å². The number of hydrogen-bond acceptors (Lipinski definition) is 4. The maximum Gasteiger partial charge on any atom is 0.195 e. The third-order valence-corrected chi connectivity index (χ3v) is 6.77. The highest BCUT2D eigenvalue weighted by atomic mass is 32.2. The zero-order valence-electron chi connectivity index (χ0n) is 17.5. The Labute approximate surface area is 181 Å². The number of fused-ring (bicyclic) bond motifs is 1. The van der Waals surface area contributed by atoms with E-state index in [1.807, 2.05) is 18.7 Å². The van der Waals surface area contributed by atoms with E-state index in [1.54, 1.807) is 37.4 Å². The van der Waals surface area contributed by atoms with E-state index in [0.29, 0.717) is 22.3 Å². The van der Waals surface area contributed by atoms with E-state index >= 15 is 0 Å². The highest BCUT2D eigenvalue weighted by Crippen LogP contribution is 2.30. The van der Waals surface area contributed by atoms with Gasteiger partial charge in [-0.15, -0.1) is 0 Å². The summed E-state index contributed by atoms with van der Waals surface area (Å²) in [5.41, 5.74) is 2.97. The molecule has 1 aliphatic heterocycles. The highest BCUT2D eigenvalue weighted by Gasteiger charge is 2.22. The van der Waals surface area contributed by atoms with Crippen molar-refractivity contribution >= 4 is 28.4 Å².